The highest BCUT2D eigenvalue weighted by atomic mass is 19.1. The van der Waals surface area contributed by atoms with E-state index in [2.05, 4.69) is 15.6 Å². The predicted molar refractivity (Wildman–Crippen MR) is 98.3 cm³/mol. The van der Waals surface area contributed by atoms with Gasteiger partial charge in [-0.05, 0) is 55.5 Å². The van der Waals surface area contributed by atoms with Gasteiger partial charge in [-0.1, -0.05) is 6.07 Å². The van der Waals surface area contributed by atoms with E-state index in [0.29, 0.717) is 22.5 Å². The zero-order valence-electron chi connectivity index (χ0n) is 14.0. The highest BCUT2D eigenvalue weighted by molar-refractivity contribution is 6.04. The Labute approximate surface area is 149 Å². The molecule has 2 N–H and O–H groups in total. The molecule has 0 aliphatic rings. The molecule has 3 rings (SSSR count). The number of amides is 1. The van der Waals surface area contributed by atoms with Gasteiger partial charge in [0, 0.05) is 23.1 Å². The molecule has 0 spiro atoms. The molecule has 0 bridgehead atoms. The van der Waals surface area contributed by atoms with Gasteiger partial charge in [-0.25, -0.2) is 4.39 Å². The Bertz CT molecular complexity index is 955. The number of carbonyl (C=O) groups excluding carboxylic acids is 2. The van der Waals surface area contributed by atoms with E-state index in [1.807, 2.05) is 0 Å². The van der Waals surface area contributed by atoms with Crippen molar-refractivity contribution in [3.8, 4) is 0 Å². The number of hydrogen-bond acceptors (Lipinski definition) is 4. The van der Waals surface area contributed by atoms with Crippen molar-refractivity contribution in [3.05, 3.63) is 83.9 Å². The van der Waals surface area contributed by atoms with Gasteiger partial charge in [-0.3, -0.25) is 14.6 Å². The average Bonchev–Trinajstić information content (AvgIpc) is 2.62. The third kappa shape index (κ3) is 4.30. The lowest BCUT2D eigenvalue weighted by molar-refractivity contribution is 0.101. The number of anilines is 3. The van der Waals surface area contributed by atoms with Crippen LogP contribution in [-0.2, 0) is 0 Å². The highest BCUT2D eigenvalue weighted by Crippen LogP contribution is 2.18. The highest BCUT2D eigenvalue weighted by Gasteiger charge is 2.08. The van der Waals surface area contributed by atoms with Gasteiger partial charge in [0.1, 0.15) is 5.82 Å². The summed E-state index contributed by atoms with van der Waals surface area (Å²) in [6.45, 7) is 1.51. The van der Waals surface area contributed by atoms with E-state index in [1.54, 1.807) is 42.6 Å². The number of ketones is 1. The van der Waals surface area contributed by atoms with Crippen LogP contribution in [0.25, 0.3) is 0 Å². The van der Waals surface area contributed by atoms with Crippen LogP contribution in [0.1, 0.15) is 27.6 Å². The number of aromatic nitrogens is 1. The maximum Gasteiger partial charge on any atom is 0.257 e. The summed E-state index contributed by atoms with van der Waals surface area (Å²) in [5.41, 5.74) is 2.71. The summed E-state index contributed by atoms with van der Waals surface area (Å²) >= 11 is 0. The quantitative estimate of drug-likeness (QED) is 0.669. The minimum absolute atomic E-state index is 0.00534. The number of carbonyl (C=O) groups is 2. The van der Waals surface area contributed by atoms with Crippen LogP contribution in [-0.4, -0.2) is 16.7 Å². The monoisotopic (exact) mass is 349 g/mol. The first-order valence-corrected chi connectivity index (χ1v) is 7.91. The number of hydrogen-bond donors (Lipinski definition) is 2. The van der Waals surface area contributed by atoms with E-state index >= 15 is 0 Å². The Morgan fingerprint density at radius 1 is 0.885 bits per heavy atom. The fourth-order valence-electron chi connectivity index (χ4n) is 2.36. The molecule has 130 valence electrons. The second-order valence-electron chi connectivity index (χ2n) is 5.69. The van der Waals surface area contributed by atoms with Gasteiger partial charge in [-0.2, -0.15) is 0 Å². The van der Waals surface area contributed by atoms with E-state index in [0.717, 1.165) is 5.69 Å². The molecule has 0 saturated heterocycles. The first kappa shape index (κ1) is 17.3. The molecular weight excluding hydrogens is 333 g/mol. The van der Waals surface area contributed by atoms with Crippen molar-refractivity contribution in [2.45, 2.75) is 6.92 Å². The van der Waals surface area contributed by atoms with Gasteiger partial charge >= 0.3 is 0 Å². The van der Waals surface area contributed by atoms with Crippen molar-refractivity contribution < 1.29 is 14.0 Å². The Balaban J connectivity index is 1.73. The molecule has 1 heterocycles. The minimum Gasteiger partial charge on any atom is -0.354 e. The SMILES string of the molecule is CC(=O)c1ccc(Nc2cncc(C(=O)Nc3cccc(F)c3)c2)cc1. The molecule has 0 fully saturated rings. The molecule has 26 heavy (non-hydrogen) atoms. The minimum atomic E-state index is -0.426. The van der Waals surface area contributed by atoms with Crippen molar-refractivity contribution in [2.75, 3.05) is 10.6 Å². The summed E-state index contributed by atoms with van der Waals surface area (Å²) in [6, 6.07) is 14.3. The van der Waals surface area contributed by atoms with Crippen LogP contribution in [0.4, 0.5) is 21.5 Å². The van der Waals surface area contributed by atoms with Crippen LogP contribution in [0.15, 0.2) is 67.0 Å². The second-order valence-corrected chi connectivity index (χ2v) is 5.69. The van der Waals surface area contributed by atoms with E-state index in [9.17, 15) is 14.0 Å². The first-order chi connectivity index (χ1) is 12.5. The van der Waals surface area contributed by atoms with E-state index in [1.165, 1.54) is 31.3 Å². The Morgan fingerprint density at radius 3 is 2.35 bits per heavy atom. The van der Waals surface area contributed by atoms with E-state index < -0.39 is 11.7 Å². The summed E-state index contributed by atoms with van der Waals surface area (Å²) in [6.07, 6.45) is 3.01. The number of pyridine rings is 1. The number of nitrogens with one attached hydrogen (secondary N) is 2. The van der Waals surface area contributed by atoms with Crippen molar-refractivity contribution >= 4 is 28.8 Å². The number of Topliss-reactive ketones (excluding diaryl/α,β-unsaturated/α-hetero) is 1. The molecule has 0 unspecified atom stereocenters. The smallest absolute Gasteiger partial charge is 0.257 e. The molecule has 5 nitrogen and oxygen atoms in total. The molecule has 0 aliphatic carbocycles. The predicted octanol–water partition coefficient (Wildman–Crippen LogP) is 4.42. The zero-order valence-corrected chi connectivity index (χ0v) is 14.0. The van der Waals surface area contributed by atoms with Crippen molar-refractivity contribution in [1.82, 2.24) is 4.98 Å². The molecule has 0 saturated carbocycles. The largest absolute Gasteiger partial charge is 0.354 e. The lowest BCUT2D eigenvalue weighted by Crippen LogP contribution is -2.12. The maximum atomic E-state index is 13.2. The normalized spacial score (nSPS) is 10.2. The molecule has 1 amide bonds. The van der Waals surface area contributed by atoms with Crippen LogP contribution in [0.2, 0.25) is 0 Å². The standard InChI is InChI=1S/C20H16FN3O2/c1-13(25)14-5-7-17(8-6-14)23-19-9-15(11-22-12-19)20(26)24-18-4-2-3-16(21)10-18/h2-12,23H,1H3,(H,24,26). The topological polar surface area (TPSA) is 71.1 Å². The maximum absolute atomic E-state index is 13.2. The fraction of sp³-hybridized carbons (Fsp3) is 0.0500. The van der Waals surface area contributed by atoms with Crippen LogP contribution in [0.5, 0.6) is 0 Å². The summed E-state index contributed by atoms with van der Waals surface area (Å²) < 4.78 is 13.2. The molecule has 1 aromatic heterocycles. The van der Waals surface area contributed by atoms with Gasteiger partial charge in [0.25, 0.3) is 5.91 Å². The molecule has 3 aromatic rings. The second kappa shape index (κ2) is 7.57. The van der Waals surface area contributed by atoms with Crippen LogP contribution in [0, 0.1) is 5.82 Å². The summed E-state index contributed by atoms with van der Waals surface area (Å²) in [7, 11) is 0. The van der Waals surface area contributed by atoms with Crippen molar-refractivity contribution in [1.29, 1.82) is 0 Å². The summed E-state index contributed by atoms with van der Waals surface area (Å²) in [5, 5.41) is 5.75. The third-order valence-electron chi connectivity index (χ3n) is 3.66. The Kier molecular flexibility index (Phi) is 5.03. The Morgan fingerprint density at radius 2 is 1.65 bits per heavy atom. The first-order valence-electron chi connectivity index (χ1n) is 7.91. The number of rotatable bonds is 5. The van der Waals surface area contributed by atoms with E-state index in [4.69, 9.17) is 0 Å². The number of benzene rings is 2. The molecule has 0 atom stereocenters. The van der Waals surface area contributed by atoms with Gasteiger partial charge in [0.05, 0.1) is 17.4 Å². The Hall–Kier alpha value is -3.54. The van der Waals surface area contributed by atoms with Crippen molar-refractivity contribution in [2.24, 2.45) is 0 Å². The van der Waals surface area contributed by atoms with Gasteiger partial charge in [0.15, 0.2) is 5.78 Å². The van der Waals surface area contributed by atoms with Gasteiger partial charge < -0.3 is 10.6 Å². The van der Waals surface area contributed by atoms with Crippen LogP contribution in [0.3, 0.4) is 0 Å². The summed E-state index contributed by atoms with van der Waals surface area (Å²) in [4.78, 5) is 27.7. The average molecular weight is 349 g/mol. The summed E-state index contributed by atoms with van der Waals surface area (Å²) in [5.74, 6) is -0.821. The molecule has 6 heteroatoms. The molecule has 0 radical (unpaired) electrons. The fourth-order valence-corrected chi connectivity index (χ4v) is 2.36. The van der Waals surface area contributed by atoms with Gasteiger partial charge in [-0.15, -0.1) is 0 Å². The molecule has 0 aliphatic heterocycles. The van der Waals surface area contributed by atoms with Crippen LogP contribution >= 0.6 is 0 Å². The number of halogens is 1. The molecular formula is C20H16FN3O2. The van der Waals surface area contributed by atoms with Crippen molar-refractivity contribution in [3.63, 3.8) is 0 Å². The number of nitrogens with zero attached hydrogens (tertiary/aromatic N) is 1. The van der Waals surface area contributed by atoms with Crippen LogP contribution < -0.4 is 10.6 Å². The lowest BCUT2D eigenvalue weighted by Gasteiger charge is -2.09. The third-order valence-corrected chi connectivity index (χ3v) is 3.66. The van der Waals surface area contributed by atoms with Gasteiger partial charge in [0.2, 0.25) is 0 Å². The van der Waals surface area contributed by atoms with E-state index in [-0.39, 0.29) is 5.78 Å². The molecule has 2 aromatic carbocycles. The zero-order chi connectivity index (χ0) is 18.5. The lowest BCUT2D eigenvalue weighted by atomic mass is 10.1.